The summed E-state index contributed by atoms with van der Waals surface area (Å²) in [6.07, 6.45) is 2.78. The number of piperazine rings is 1. The number of aliphatic hydroxyl groups excluding tert-OH is 1. The van der Waals surface area contributed by atoms with Crippen LogP contribution < -0.4 is 0 Å². The Morgan fingerprint density at radius 2 is 1.89 bits per heavy atom. The third-order valence-corrected chi connectivity index (χ3v) is 3.72. The number of β-amino-alcohol motifs (C(OH)–C–C–N with tert-alkyl or cyclic N) is 1. The van der Waals surface area contributed by atoms with E-state index in [4.69, 9.17) is 0 Å². The summed E-state index contributed by atoms with van der Waals surface area (Å²) in [6, 6.07) is 0. The van der Waals surface area contributed by atoms with E-state index < -0.39 is 0 Å². The third kappa shape index (κ3) is 5.33. The van der Waals surface area contributed by atoms with Gasteiger partial charge in [0.2, 0.25) is 5.91 Å². The standard InChI is InChI=1S/C15H28N2O2/c1-5-6-7-14(19)17-10-8-16(9-11-17)12-13(18)15(2,3)4/h5,13,18H,1,6-12H2,2-4H3/t13-/m1/s1. The lowest BCUT2D eigenvalue weighted by Crippen LogP contribution is -2.51. The molecule has 110 valence electrons. The maximum absolute atomic E-state index is 11.9. The molecular weight excluding hydrogens is 240 g/mol. The van der Waals surface area contributed by atoms with Gasteiger partial charge in [-0.2, -0.15) is 0 Å². The van der Waals surface area contributed by atoms with Gasteiger partial charge in [0.25, 0.3) is 0 Å². The van der Waals surface area contributed by atoms with E-state index in [1.54, 1.807) is 6.08 Å². The summed E-state index contributed by atoms with van der Waals surface area (Å²) in [4.78, 5) is 16.0. The smallest absolute Gasteiger partial charge is 0.222 e. The lowest BCUT2D eigenvalue weighted by atomic mass is 9.89. The van der Waals surface area contributed by atoms with Crippen LogP contribution in [0, 0.1) is 5.41 Å². The summed E-state index contributed by atoms with van der Waals surface area (Å²) >= 11 is 0. The van der Waals surface area contributed by atoms with Gasteiger partial charge in [-0.15, -0.1) is 6.58 Å². The van der Waals surface area contributed by atoms with Crippen molar-refractivity contribution in [2.45, 2.75) is 39.7 Å². The zero-order valence-electron chi connectivity index (χ0n) is 12.6. The zero-order chi connectivity index (χ0) is 14.5. The number of hydrogen-bond donors (Lipinski definition) is 1. The summed E-state index contributed by atoms with van der Waals surface area (Å²) in [7, 11) is 0. The highest BCUT2D eigenvalue weighted by Crippen LogP contribution is 2.20. The van der Waals surface area contributed by atoms with Gasteiger partial charge in [-0.3, -0.25) is 9.69 Å². The molecule has 4 nitrogen and oxygen atoms in total. The molecule has 1 aliphatic heterocycles. The highest BCUT2D eigenvalue weighted by atomic mass is 16.3. The SMILES string of the molecule is C=CCCC(=O)N1CCN(C[C@@H](O)C(C)(C)C)CC1. The molecule has 0 unspecified atom stereocenters. The molecule has 0 bridgehead atoms. The molecule has 0 spiro atoms. The van der Waals surface area contributed by atoms with Crippen LogP contribution in [-0.4, -0.2) is 59.6 Å². The number of hydrogen-bond acceptors (Lipinski definition) is 3. The van der Waals surface area contributed by atoms with Gasteiger partial charge in [0, 0.05) is 39.1 Å². The Morgan fingerprint density at radius 1 is 1.32 bits per heavy atom. The number of rotatable bonds is 5. The average Bonchev–Trinajstić information content (AvgIpc) is 2.35. The van der Waals surface area contributed by atoms with Crippen molar-refractivity contribution in [2.24, 2.45) is 5.41 Å². The van der Waals surface area contributed by atoms with Crippen LogP contribution in [0.15, 0.2) is 12.7 Å². The largest absolute Gasteiger partial charge is 0.391 e. The van der Waals surface area contributed by atoms with E-state index in [1.165, 1.54) is 0 Å². The second kappa shape index (κ2) is 7.06. The number of amides is 1. The monoisotopic (exact) mass is 268 g/mol. The van der Waals surface area contributed by atoms with Crippen molar-refractivity contribution in [1.29, 1.82) is 0 Å². The highest BCUT2D eigenvalue weighted by Gasteiger charge is 2.27. The summed E-state index contributed by atoms with van der Waals surface area (Å²) in [5.74, 6) is 0.218. The topological polar surface area (TPSA) is 43.8 Å². The number of nitrogens with zero attached hydrogens (tertiary/aromatic N) is 2. The molecule has 0 aromatic heterocycles. The van der Waals surface area contributed by atoms with Crippen LogP contribution in [-0.2, 0) is 4.79 Å². The first-order valence-electron chi connectivity index (χ1n) is 7.13. The molecule has 1 aliphatic rings. The Labute approximate surface area is 117 Å². The van der Waals surface area contributed by atoms with E-state index in [0.29, 0.717) is 13.0 Å². The van der Waals surface area contributed by atoms with Crippen LogP contribution in [0.3, 0.4) is 0 Å². The molecule has 0 saturated carbocycles. The lowest BCUT2D eigenvalue weighted by molar-refractivity contribution is -0.133. The van der Waals surface area contributed by atoms with E-state index in [1.807, 2.05) is 25.7 Å². The second-order valence-electron chi connectivity index (χ2n) is 6.39. The Balaban J connectivity index is 2.33. The quantitative estimate of drug-likeness (QED) is 0.769. The Kier molecular flexibility index (Phi) is 6.01. The second-order valence-corrected chi connectivity index (χ2v) is 6.39. The molecule has 1 atom stereocenters. The number of allylic oxidation sites excluding steroid dienone is 1. The predicted octanol–water partition coefficient (Wildman–Crippen LogP) is 1.50. The van der Waals surface area contributed by atoms with Crippen LogP contribution in [0.1, 0.15) is 33.6 Å². The molecule has 4 heteroatoms. The predicted molar refractivity (Wildman–Crippen MR) is 77.9 cm³/mol. The molecule has 19 heavy (non-hydrogen) atoms. The van der Waals surface area contributed by atoms with Crippen LogP contribution in [0.4, 0.5) is 0 Å². The van der Waals surface area contributed by atoms with Crippen molar-refractivity contribution < 1.29 is 9.90 Å². The minimum absolute atomic E-state index is 0.0864. The normalized spacial score (nSPS) is 19.3. The summed E-state index contributed by atoms with van der Waals surface area (Å²) < 4.78 is 0. The van der Waals surface area contributed by atoms with Crippen molar-refractivity contribution in [1.82, 2.24) is 9.80 Å². The number of carbonyl (C=O) groups excluding carboxylic acids is 1. The van der Waals surface area contributed by atoms with Crippen molar-refractivity contribution in [3.8, 4) is 0 Å². The molecule has 1 rings (SSSR count). The molecular formula is C15H28N2O2. The van der Waals surface area contributed by atoms with Crippen LogP contribution in [0.5, 0.6) is 0 Å². The molecule has 0 aliphatic carbocycles. The van der Waals surface area contributed by atoms with Gasteiger partial charge < -0.3 is 10.0 Å². The van der Waals surface area contributed by atoms with Gasteiger partial charge >= 0.3 is 0 Å². The minimum atomic E-state index is -0.324. The summed E-state index contributed by atoms with van der Waals surface area (Å²) in [5, 5.41) is 10.1. The van der Waals surface area contributed by atoms with Gasteiger partial charge in [-0.25, -0.2) is 0 Å². The van der Waals surface area contributed by atoms with Crippen LogP contribution in [0.25, 0.3) is 0 Å². The Bertz CT molecular complexity index is 302. The van der Waals surface area contributed by atoms with Crippen LogP contribution in [0.2, 0.25) is 0 Å². The molecule has 0 aromatic carbocycles. The minimum Gasteiger partial charge on any atom is -0.391 e. The fraction of sp³-hybridized carbons (Fsp3) is 0.800. The fourth-order valence-corrected chi connectivity index (χ4v) is 2.08. The van der Waals surface area contributed by atoms with Crippen molar-refractivity contribution in [3.63, 3.8) is 0 Å². The first kappa shape index (κ1) is 16.2. The van der Waals surface area contributed by atoms with E-state index in [2.05, 4.69) is 11.5 Å². The maximum atomic E-state index is 11.9. The molecule has 1 fully saturated rings. The summed E-state index contributed by atoms with van der Waals surface area (Å²) in [5.41, 5.74) is -0.0864. The van der Waals surface area contributed by atoms with E-state index in [-0.39, 0.29) is 17.4 Å². The maximum Gasteiger partial charge on any atom is 0.222 e. The van der Waals surface area contributed by atoms with E-state index >= 15 is 0 Å². The molecule has 0 aromatic rings. The first-order chi connectivity index (χ1) is 8.84. The van der Waals surface area contributed by atoms with Crippen molar-refractivity contribution in [2.75, 3.05) is 32.7 Å². The molecule has 1 N–H and O–H groups in total. The fourth-order valence-electron chi connectivity index (χ4n) is 2.08. The Morgan fingerprint density at radius 3 is 2.37 bits per heavy atom. The number of carbonyl (C=O) groups is 1. The lowest BCUT2D eigenvalue weighted by Gasteiger charge is -2.38. The third-order valence-electron chi connectivity index (χ3n) is 3.72. The van der Waals surface area contributed by atoms with Gasteiger partial charge in [0.15, 0.2) is 0 Å². The van der Waals surface area contributed by atoms with Gasteiger partial charge in [0.05, 0.1) is 6.10 Å². The van der Waals surface area contributed by atoms with Gasteiger partial charge in [-0.1, -0.05) is 26.8 Å². The molecule has 0 radical (unpaired) electrons. The van der Waals surface area contributed by atoms with Crippen molar-refractivity contribution >= 4 is 5.91 Å². The summed E-state index contributed by atoms with van der Waals surface area (Å²) in [6.45, 7) is 13.7. The average molecular weight is 268 g/mol. The molecule has 1 saturated heterocycles. The van der Waals surface area contributed by atoms with Gasteiger partial charge in [-0.05, 0) is 11.8 Å². The van der Waals surface area contributed by atoms with Crippen molar-refractivity contribution in [3.05, 3.63) is 12.7 Å². The van der Waals surface area contributed by atoms with Crippen LogP contribution >= 0.6 is 0 Å². The van der Waals surface area contributed by atoms with Gasteiger partial charge in [0.1, 0.15) is 0 Å². The zero-order valence-corrected chi connectivity index (χ0v) is 12.6. The highest BCUT2D eigenvalue weighted by molar-refractivity contribution is 5.76. The number of aliphatic hydroxyl groups is 1. The van der Waals surface area contributed by atoms with E-state index in [0.717, 1.165) is 32.6 Å². The first-order valence-corrected chi connectivity index (χ1v) is 7.13. The molecule has 1 amide bonds. The van der Waals surface area contributed by atoms with E-state index in [9.17, 15) is 9.90 Å². The molecule has 1 heterocycles. The Hall–Kier alpha value is -0.870.